The fraction of sp³-hybridized carbons (Fsp3) is 0.250. The van der Waals surface area contributed by atoms with Crippen LogP contribution in [0.25, 0.3) is 5.69 Å². The van der Waals surface area contributed by atoms with Gasteiger partial charge in [-0.1, -0.05) is 12.1 Å². The number of benzene rings is 1. The summed E-state index contributed by atoms with van der Waals surface area (Å²) < 4.78 is 7.66. The van der Waals surface area contributed by atoms with Gasteiger partial charge in [0.05, 0.1) is 18.1 Å². The molecule has 3 nitrogen and oxygen atoms in total. The first-order chi connectivity index (χ1) is 7.27. The molecule has 1 aromatic carbocycles. The van der Waals surface area contributed by atoms with Gasteiger partial charge in [-0.15, -0.1) is 0 Å². The Morgan fingerprint density at radius 3 is 2.73 bits per heavy atom. The van der Waals surface area contributed by atoms with Crippen molar-refractivity contribution in [3.63, 3.8) is 0 Å². The summed E-state index contributed by atoms with van der Waals surface area (Å²) in [7, 11) is 0. The second-order valence-electron chi connectivity index (χ2n) is 3.60. The molecule has 0 bridgehead atoms. The molecule has 0 fully saturated rings. The van der Waals surface area contributed by atoms with Crippen LogP contribution in [0.3, 0.4) is 0 Å². The number of ether oxygens (including phenoxy) is 1. The highest BCUT2D eigenvalue weighted by atomic mass is 16.5. The van der Waals surface area contributed by atoms with Crippen molar-refractivity contribution < 1.29 is 4.74 Å². The van der Waals surface area contributed by atoms with Crippen LogP contribution in [-0.4, -0.2) is 15.7 Å². The summed E-state index contributed by atoms with van der Waals surface area (Å²) in [5.41, 5.74) is 1.02. The van der Waals surface area contributed by atoms with E-state index < -0.39 is 0 Å². The van der Waals surface area contributed by atoms with Crippen molar-refractivity contribution in [3.05, 3.63) is 43.0 Å². The van der Waals surface area contributed by atoms with Crippen molar-refractivity contribution in [2.24, 2.45) is 0 Å². The van der Waals surface area contributed by atoms with Gasteiger partial charge >= 0.3 is 0 Å². The summed E-state index contributed by atoms with van der Waals surface area (Å²) in [6, 6.07) is 7.94. The monoisotopic (exact) mass is 202 g/mol. The lowest BCUT2D eigenvalue weighted by molar-refractivity contribution is 0.242. The Bertz CT molecular complexity index is 421. The molecule has 0 spiro atoms. The zero-order valence-corrected chi connectivity index (χ0v) is 8.92. The zero-order valence-electron chi connectivity index (χ0n) is 8.92. The first-order valence-corrected chi connectivity index (χ1v) is 5.01. The van der Waals surface area contributed by atoms with Gasteiger partial charge in [-0.25, -0.2) is 4.98 Å². The number of imidazole rings is 1. The summed E-state index contributed by atoms with van der Waals surface area (Å²) in [6.45, 7) is 4.04. The molecular weight excluding hydrogens is 188 g/mol. The third kappa shape index (κ3) is 2.18. The van der Waals surface area contributed by atoms with E-state index in [1.165, 1.54) is 0 Å². The number of hydrogen-bond donors (Lipinski definition) is 0. The maximum Gasteiger partial charge on any atom is 0.143 e. The molecule has 3 heteroatoms. The minimum atomic E-state index is 0.176. The van der Waals surface area contributed by atoms with Crippen molar-refractivity contribution in [1.82, 2.24) is 9.55 Å². The predicted molar refractivity (Wildman–Crippen MR) is 59.3 cm³/mol. The third-order valence-corrected chi connectivity index (χ3v) is 2.01. The van der Waals surface area contributed by atoms with Gasteiger partial charge in [0.2, 0.25) is 0 Å². The van der Waals surface area contributed by atoms with E-state index in [1.54, 1.807) is 12.5 Å². The smallest absolute Gasteiger partial charge is 0.143 e. The molecule has 0 aliphatic rings. The average molecular weight is 202 g/mol. The van der Waals surface area contributed by atoms with Gasteiger partial charge in [0.25, 0.3) is 0 Å². The highest BCUT2D eigenvalue weighted by Gasteiger charge is 2.05. The zero-order chi connectivity index (χ0) is 10.7. The van der Waals surface area contributed by atoms with Crippen LogP contribution in [0.5, 0.6) is 5.75 Å². The van der Waals surface area contributed by atoms with Gasteiger partial charge in [0.15, 0.2) is 0 Å². The molecule has 0 aliphatic carbocycles. The summed E-state index contributed by atoms with van der Waals surface area (Å²) in [5, 5.41) is 0. The van der Waals surface area contributed by atoms with Crippen molar-refractivity contribution in [1.29, 1.82) is 0 Å². The second-order valence-corrected chi connectivity index (χ2v) is 3.60. The van der Waals surface area contributed by atoms with Crippen LogP contribution >= 0.6 is 0 Å². The molecule has 1 heterocycles. The van der Waals surface area contributed by atoms with E-state index >= 15 is 0 Å². The summed E-state index contributed by atoms with van der Waals surface area (Å²) in [6.07, 6.45) is 5.60. The fourth-order valence-electron chi connectivity index (χ4n) is 1.43. The molecule has 0 saturated heterocycles. The molecule has 0 saturated carbocycles. The minimum absolute atomic E-state index is 0.176. The minimum Gasteiger partial charge on any atom is -0.489 e. The predicted octanol–water partition coefficient (Wildman–Crippen LogP) is 2.66. The largest absolute Gasteiger partial charge is 0.489 e. The van der Waals surface area contributed by atoms with Gasteiger partial charge in [-0.05, 0) is 26.0 Å². The number of nitrogens with zero attached hydrogens (tertiary/aromatic N) is 2. The number of aromatic nitrogens is 2. The Hall–Kier alpha value is -1.77. The molecule has 15 heavy (non-hydrogen) atoms. The lowest BCUT2D eigenvalue weighted by atomic mass is 10.3. The lowest BCUT2D eigenvalue weighted by Gasteiger charge is -2.14. The maximum absolute atomic E-state index is 5.72. The molecule has 0 aliphatic heterocycles. The number of rotatable bonds is 3. The SMILES string of the molecule is CC(C)Oc1ccccc1-n1ccnc1. The highest BCUT2D eigenvalue weighted by molar-refractivity contribution is 5.46. The topological polar surface area (TPSA) is 27.1 Å². The van der Waals surface area contributed by atoms with Gasteiger partial charge in [-0.3, -0.25) is 0 Å². The normalized spacial score (nSPS) is 10.6. The molecule has 2 aromatic rings. The molecule has 0 amide bonds. The van der Waals surface area contributed by atoms with Crippen molar-refractivity contribution in [2.75, 3.05) is 0 Å². The van der Waals surface area contributed by atoms with Crippen LogP contribution in [-0.2, 0) is 0 Å². The lowest BCUT2D eigenvalue weighted by Crippen LogP contribution is -2.07. The van der Waals surface area contributed by atoms with Crippen molar-refractivity contribution in [2.45, 2.75) is 20.0 Å². The molecule has 2 rings (SSSR count). The van der Waals surface area contributed by atoms with E-state index in [-0.39, 0.29) is 6.10 Å². The first kappa shape index (κ1) is 9.77. The third-order valence-electron chi connectivity index (χ3n) is 2.01. The molecular formula is C12H14N2O. The Morgan fingerprint density at radius 2 is 2.07 bits per heavy atom. The highest BCUT2D eigenvalue weighted by Crippen LogP contribution is 2.22. The molecule has 0 unspecified atom stereocenters. The van der Waals surface area contributed by atoms with E-state index in [0.29, 0.717) is 0 Å². The summed E-state index contributed by atoms with van der Waals surface area (Å²) in [5.74, 6) is 0.880. The van der Waals surface area contributed by atoms with Crippen LogP contribution in [0.15, 0.2) is 43.0 Å². The van der Waals surface area contributed by atoms with E-state index in [4.69, 9.17) is 4.74 Å². The van der Waals surface area contributed by atoms with Gasteiger partial charge in [-0.2, -0.15) is 0 Å². The Morgan fingerprint density at radius 1 is 1.27 bits per heavy atom. The van der Waals surface area contributed by atoms with Crippen LogP contribution < -0.4 is 4.74 Å². The number of hydrogen-bond acceptors (Lipinski definition) is 2. The Kier molecular flexibility index (Phi) is 2.72. The summed E-state index contributed by atoms with van der Waals surface area (Å²) in [4.78, 5) is 4.03. The maximum atomic E-state index is 5.72. The average Bonchev–Trinajstić information content (AvgIpc) is 2.70. The van der Waals surface area contributed by atoms with E-state index in [2.05, 4.69) is 4.98 Å². The molecule has 78 valence electrons. The second kappa shape index (κ2) is 4.17. The van der Waals surface area contributed by atoms with Gasteiger partial charge in [0.1, 0.15) is 5.75 Å². The standard InChI is InChI=1S/C12H14N2O/c1-10(2)15-12-6-4-3-5-11(12)14-8-7-13-9-14/h3-10H,1-2H3. The van der Waals surface area contributed by atoms with Crippen molar-refractivity contribution >= 4 is 0 Å². The Labute approximate surface area is 89.3 Å². The summed E-state index contributed by atoms with van der Waals surface area (Å²) >= 11 is 0. The van der Waals surface area contributed by atoms with Crippen LogP contribution in [0.1, 0.15) is 13.8 Å². The fourth-order valence-corrected chi connectivity index (χ4v) is 1.43. The number of para-hydroxylation sites is 2. The molecule has 0 N–H and O–H groups in total. The van der Waals surface area contributed by atoms with Crippen LogP contribution in [0, 0.1) is 0 Å². The molecule has 0 atom stereocenters. The molecule has 1 aromatic heterocycles. The van der Waals surface area contributed by atoms with Gasteiger partial charge in [0, 0.05) is 12.4 Å². The Balaban J connectivity index is 2.38. The van der Waals surface area contributed by atoms with Crippen LogP contribution in [0.2, 0.25) is 0 Å². The first-order valence-electron chi connectivity index (χ1n) is 5.01. The van der Waals surface area contributed by atoms with E-state index in [9.17, 15) is 0 Å². The quantitative estimate of drug-likeness (QED) is 0.765. The van der Waals surface area contributed by atoms with Crippen LogP contribution in [0.4, 0.5) is 0 Å². The van der Waals surface area contributed by atoms with Gasteiger partial charge < -0.3 is 9.30 Å². The van der Waals surface area contributed by atoms with Crippen molar-refractivity contribution in [3.8, 4) is 11.4 Å². The van der Waals surface area contributed by atoms with E-state index in [0.717, 1.165) is 11.4 Å². The van der Waals surface area contributed by atoms with E-state index in [1.807, 2.05) is 48.9 Å². The molecule has 0 radical (unpaired) electrons.